The van der Waals surface area contributed by atoms with E-state index in [0.717, 1.165) is 50.5 Å². The second-order valence-corrected chi connectivity index (χ2v) is 11.0. The van der Waals surface area contributed by atoms with Crippen molar-refractivity contribution in [3.63, 3.8) is 0 Å². The molecule has 1 amide bonds. The number of nitrogens with zero attached hydrogens (tertiary/aromatic N) is 2. The maximum absolute atomic E-state index is 13.0. The van der Waals surface area contributed by atoms with Gasteiger partial charge in [0.05, 0.1) is 26.5 Å². The first-order chi connectivity index (χ1) is 17.9. The Labute approximate surface area is 221 Å². The van der Waals surface area contributed by atoms with Crippen LogP contribution in [0.3, 0.4) is 0 Å². The minimum atomic E-state index is 0.0987. The molecule has 0 aromatic heterocycles. The Balaban J connectivity index is 1.50. The Kier molecular flexibility index (Phi) is 8.96. The number of rotatable bonds is 10. The van der Waals surface area contributed by atoms with Crippen LogP contribution in [-0.2, 0) is 17.8 Å². The molecule has 6 nitrogen and oxygen atoms in total. The third-order valence-electron chi connectivity index (χ3n) is 6.91. The predicted molar refractivity (Wildman–Crippen MR) is 153 cm³/mol. The van der Waals surface area contributed by atoms with Crippen LogP contribution in [0.25, 0.3) is 0 Å². The first-order valence-corrected chi connectivity index (χ1v) is 14.2. The summed E-state index contributed by atoms with van der Waals surface area (Å²) in [7, 11) is 4.07. The second-order valence-electron chi connectivity index (χ2n) is 9.42. The van der Waals surface area contributed by atoms with E-state index in [4.69, 9.17) is 14.9 Å². The molecule has 3 aromatic rings. The van der Waals surface area contributed by atoms with Crippen LogP contribution in [0.1, 0.15) is 29.2 Å². The average molecular weight is 518 g/mol. The maximum atomic E-state index is 13.0. The highest BCUT2D eigenvalue weighted by Crippen LogP contribution is 2.34. The molecule has 37 heavy (non-hydrogen) atoms. The number of benzene rings is 3. The minimum absolute atomic E-state index is 0.0987. The van der Waals surface area contributed by atoms with E-state index in [2.05, 4.69) is 30.6 Å². The van der Waals surface area contributed by atoms with Crippen molar-refractivity contribution in [2.24, 2.45) is 0 Å². The molecule has 3 aromatic carbocycles. The summed E-state index contributed by atoms with van der Waals surface area (Å²) < 4.78 is 11.1. The zero-order valence-electron chi connectivity index (χ0n) is 22.1. The van der Waals surface area contributed by atoms with Gasteiger partial charge in [0.25, 0.3) is 0 Å². The average Bonchev–Trinajstić information content (AvgIpc) is 2.93. The normalized spacial score (nSPS) is 15.2. The summed E-state index contributed by atoms with van der Waals surface area (Å²) in [5.41, 5.74) is 5.77. The summed E-state index contributed by atoms with van der Waals surface area (Å²) in [5.74, 6) is 1.40. The monoisotopic (exact) mass is 517 g/mol. The second kappa shape index (κ2) is 12.4. The first kappa shape index (κ1) is 26.8. The summed E-state index contributed by atoms with van der Waals surface area (Å²) in [4.78, 5) is 17.0. The van der Waals surface area contributed by atoms with Gasteiger partial charge in [-0.05, 0) is 54.1 Å². The number of hydrogen-bond acceptors (Lipinski definition) is 5. The van der Waals surface area contributed by atoms with E-state index in [1.165, 1.54) is 5.56 Å². The van der Waals surface area contributed by atoms with Gasteiger partial charge in [-0.2, -0.15) is 0 Å². The standard InChI is InChI=1S/C30H36N3O3P/c1-21(37-4)16-24-17-27(35-2)28(36-3)18-26(24)30(31)23-10-12-25(13-11-23)33-15-14-32(20-29(33)34)19-22-8-6-5-7-9-22/h5-13,17-18,21,31,37H,14-16,19-20H2,1-4H3. The zero-order valence-corrected chi connectivity index (χ0v) is 23.1. The molecule has 0 aliphatic carbocycles. The quantitative estimate of drug-likeness (QED) is 0.296. The Morgan fingerprint density at radius 2 is 1.68 bits per heavy atom. The van der Waals surface area contributed by atoms with E-state index in [9.17, 15) is 4.79 Å². The highest BCUT2D eigenvalue weighted by atomic mass is 31.1. The van der Waals surface area contributed by atoms with Gasteiger partial charge in [0.1, 0.15) is 0 Å². The maximum Gasteiger partial charge on any atom is 0.241 e. The van der Waals surface area contributed by atoms with Gasteiger partial charge in [-0.15, -0.1) is 8.58 Å². The van der Waals surface area contributed by atoms with E-state index in [0.29, 0.717) is 36.0 Å². The highest BCUT2D eigenvalue weighted by molar-refractivity contribution is 7.37. The van der Waals surface area contributed by atoms with Crippen molar-refractivity contribution < 1.29 is 14.3 Å². The van der Waals surface area contributed by atoms with Gasteiger partial charge in [0, 0.05) is 36.4 Å². The van der Waals surface area contributed by atoms with Crippen LogP contribution in [0.15, 0.2) is 66.7 Å². The van der Waals surface area contributed by atoms with Crippen molar-refractivity contribution in [1.29, 1.82) is 5.41 Å². The lowest BCUT2D eigenvalue weighted by Gasteiger charge is -2.34. The van der Waals surface area contributed by atoms with Crippen LogP contribution in [0.4, 0.5) is 5.69 Å². The molecule has 0 saturated carbocycles. The SMILES string of the molecule is COc1cc(CC(C)PC)c(C(=N)c2ccc(N3CCN(Cc4ccccc4)CC3=O)cc2)cc1OC. The molecule has 1 heterocycles. The molecular weight excluding hydrogens is 481 g/mol. The van der Waals surface area contributed by atoms with Crippen molar-refractivity contribution in [3.8, 4) is 11.5 Å². The smallest absolute Gasteiger partial charge is 0.241 e. The first-order valence-electron chi connectivity index (χ1n) is 12.6. The van der Waals surface area contributed by atoms with Crippen LogP contribution in [-0.4, -0.2) is 62.7 Å². The van der Waals surface area contributed by atoms with E-state index in [1.54, 1.807) is 14.2 Å². The molecule has 0 spiro atoms. The molecule has 0 bridgehead atoms. The van der Waals surface area contributed by atoms with Crippen molar-refractivity contribution >= 4 is 25.9 Å². The summed E-state index contributed by atoms with van der Waals surface area (Å²) in [6.45, 7) is 7.09. The van der Waals surface area contributed by atoms with Gasteiger partial charge in [-0.1, -0.05) is 49.4 Å². The van der Waals surface area contributed by atoms with E-state index >= 15 is 0 Å². The van der Waals surface area contributed by atoms with Gasteiger partial charge < -0.3 is 14.4 Å². The molecule has 1 aliphatic rings. The van der Waals surface area contributed by atoms with E-state index < -0.39 is 0 Å². The molecule has 1 fully saturated rings. The van der Waals surface area contributed by atoms with Gasteiger partial charge in [0.2, 0.25) is 5.91 Å². The lowest BCUT2D eigenvalue weighted by Crippen LogP contribution is -2.50. The molecule has 1 aliphatic heterocycles. The molecule has 4 rings (SSSR count). The lowest BCUT2D eigenvalue weighted by molar-refractivity contribution is -0.121. The molecule has 1 saturated heterocycles. The molecule has 1 N–H and O–H groups in total. The van der Waals surface area contributed by atoms with Crippen molar-refractivity contribution in [3.05, 3.63) is 89.0 Å². The number of methoxy groups -OCH3 is 2. The molecule has 194 valence electrons. The fourth-order valence-corrected chi connectivity index (χ4v) is 5.11. The third kappa shape index (κ3) is 6.38. The van der Waals surface area contributed by atoms with Gasteiger partial charge >= 0.3 is 0 Å². The molecule has 7 heteroatoms. The van der Waals surface area contributed by atoms with Gasteiger partial charge in [-0.25, -0.2) is 0 Å². The highest BCUT2D eigenvalue weighted by Gasteiger charge is 2.25. The number of piperazine rings is 1. The molecule has 2 atom stereocenters. The molecule has 2 unspecified atom stereocenters. The minimum Gasteiger partial charge on any atom is -0.493 e. The number of carbonyl (C=O) groups excluding carboxylic acids is 1. The Hall–Kier alpha value is -3.21. The van der Waals surface area contributed by atoms with Gasteiger partial charge in [-0.3, -0.25) is 15.1 Å². The predicted octanol–water partition coefficient (Wildman–Crippen LogP) is 5.21. The number of anilines is 1. The Bertz CT molecular complexity index is 1230. The van der Waals surface area contributed by atoms with Crippen molar-refractivity contribution in [2.45, 2.75) is 25.5 Å². The number of hydrogen-bond donors (Lipinski definition) is 1. The largest absolute Gasteiger partial charge is 0.493 e. The number of amides is 1. The number of nitrogens with one attached hydrogen (secondary N) is 1. The molecular formula is C30H36N3O3P. The van der Waals surface area contributed by atoms with Crippen LogP contribution in [0, 0.1) is 5.41 Å². The van der Waals surface area contributed by atoms with Gasteiger partial charge in [0.15, 0.2) is 11.5 Å². The van der Waals surface area contributed by atoms with Crippen LogP contribution in [0.2, 0.25) is 0 Å². The van der Waals surface area contributed by atoms with Crippen molar-refractivity contribution in [1.82, 2.24) is 4.90 Å². The Morgan fingerprint density at radius 1 is 1.00 bits per heavy atom. The van der Waals surface area contributed by atoms with Crippen LogP contribution in [0.5, 0.6) is 11.5 Å². The fourth-order valence-electron chi connectivity index (χ4n) is 4.69. The summed E-state index contributed by atoms with van der Waals surface area (Å²) >= 11 is 0. The third-order valence-corrected chi connectivity index (χ3v) is 8.10. The molecule has 0 radical (unpaired) electrons. The van der Waals surface area contributed by atoms with Crippen molar-refractivity contribution in [2.75, 3.05) is 45.4 Å². The zero-order chi connectivity index (χ0) is 26.4. The number of ether oxygens (including phenoxy) is 2. The van der Waals surface area contributed by atoms with E-state index in [1.807, 2.05) is 59.5 Å². The van der Waals surface area contributed by atoms with Crippen LogP contribution >= 0.6 is 8.58 Å². The Morgan fingerprint density at radius 3 is 2.30 bits per heavy atom. The fraction of sp³-hybridized carbons (Fsp3) is 0.333. The summed E-state index contributed by atoms with van der Waals surface area (Å²) in [6.07, 6.45) is 0.868. The summed E-state index contributed by atoms with van der Waals surface area (Å²) in [6, 6.07) is 21.9. The lowest BCUT2D eigenvalue weighted by atomic mass is 9.94. The summed E-state index contributed by atoms with van der Waals surface area (Å²) in [5, 5.41) is 9.02. The number of carbonyl (C=O) groups is 1. The van der Waals surface area contributed by atoms with E-state index in [-0.39, 0.29) is 5.91 Å². The van der Waals surface area contributed by atoms with Crippen LogP contribution < -0.4 is 14.4 Å². The topological polar surface area (TPSA) is 65.9 Å².